The van der Waals surface area contributed by atoms with Gasteiger partial charge in [-0.05, 0) is 36.3 Å². The average molecular weight is 330 g/mol. The molecule has 6 heteroatoms. The second kappa shape index (κ2) is 7.05. The summed E-state index contributed by atoms with van der Waals surface area (Å²) >= 11 is 3.65. The molecule has 1 atom stereocenters. The van der Waals surface area contributed by atoms with Crippen LogP contribution in [0.5, 0.6) is 0 Å². The molecule has 1 heterocycles. The number of hydrogen-bond donors (Lipinski definition) is 2. The molecule has 5 nitrogen and oxygen atoms in total. The van der Waals surface area contributed by atoms with Crippen LogP contribution in [-0.2, 0) is 19.5 Å². The number of halogens is 1. The largest absolute Gasteiger partial charge is 0.387 e. The second-order valence-electron chi connectivity index (χ2n) is 4.93. The molecule has 0 spiro atoms. The summed E-state index contributed by atoms with van der Waals surface area (Å²) in [5, 5.41) is 12.0. The Morgan fingerprint density at radius 3 is 2.63 bits per heavy atom. The number of nitrogens with one attached hydrogen (secondary N) is 1. The summed E-state index contributed by atoms with van der Waals surface area (Å²) in [6.07, 6.45) is 0.925. The highest BCUT2D eigenvalue weighted by molar-refractivity contribution is 9.10. The lowest BCUT2D eigenvalue weighted by Crippen LogP contribution is -2.32. The molecule has 0 aliphatic heterocycles. The van der Waals surface area contributed by atoms with E-state index in [1.807, 2.05) is 18.7 Å². The maximum atomic E-state index is 7.45. The Morgan fingerprint density at radius 2 is 2.16 bits per heavy atom. The summed E-state index contributed by atoms with van der Waals surface area (Å²) in [6, 6.07) is 0. The van der Waals surface area contributed by atoms with Gasteiger partial charge < -0.3 is 5.73 Å². The molecule has 1 rings (SSSR count). The highest BCUT2D eigenvalue weighted by atomic mass is 79.9. The van der Waals surface area contributed by atoms with Crippen LogP contribution in [0.1, 0.15) is 32.2 Å². The van der Waals surface area contributed by atoms with Crippen molar-refractivity contribution in [1.82, 2.24) is 14.7 Å². The first-order chi connectivity index (χ1) is 8.90. The summed E-state index contributed by atoms with van der Waals surface area (Å²) in [5.41, 5.74) is 7.81. The zero-order valence-electron chi connectivity index (χ0n) is 12.2. The van der Waals surface area contributed by atoms with E-state index in [9.17, 15) is 0 Å². The fourth-order valence-electron chi connectivity index (χ4n) is 2.05. The lowest BCUT2D eigenvalue weighted by Gasteiger charge is -2.21. The van der Waals surface area contributed by atoms with Gasteiger partial charge in [0.2, 0.25) is 0 Å². The van der Waals surface area contributed by atoms with Crippen LogP contribution in [-0.4, -0.2) is 34.1 Å². The summed E-state index contributed by atoms with van der Waals surface area (Å²) in [6.45, 7) is 8.63. The van der Waals surface area contributed by atoms with Crippen molar-refractivity contribution in [1.29, 1.82) is 5.41 Å². The number of hydrogen-bond acceptors (Lipinski definition) is 3. The molecule has 108 valence electrons. The van der Waals surface area contributed by atoms with Crippen molar-refractivity contribution in [3.05, 3.63) is 15.9 Å². The van der Waals surface area contributed by atoms with E-state index in [4.69, 9.17) is 11.1 Å². The third kappa shape index (κ3) is 4.04. The number of aromatic nitrogens is 2. The number of nitrogens with zero attached hydrogens (tertiary/aromatic N) is 3. The van der Waals surface area contributed by atoms with E-state index in [0.29, 0.717) is 0 Å². The predicted octanol–water partition coefficient (Wildman–Crippen LogP) is 2.23. The van der Waals surface area contributed by atoms with Gasteiger partial charge in [-0.3, -0.25) is 15.0 Å². The molecule has 1 aromatic rings. The van der Waals surface area contributed by atoms with E-state index < -0.39 is 0 Å². The molecular weight excluding hydrogens is 306 g/mol. The Morgan fingerprint density at radius 1 is 1.53 bits per heavy atom. The van der Waals surface area contributed by atoms with Crippen molar-refractivity contribution in [2.75, 3.05) is 13.6 Å². The molecule has 0 bridgehead atoms. The van der Waals surface area contributed by atoms with Crippen molar-refractivity contribution >= 4 is 21.8 Å². The molecule has 1 aromatic heterocycles. The second-order valence-corrected chi connectivity index (χ2v) is 5.72. The SMILES string of the molecule is CCc1nn(CC)c(CN(C)CC(C)C(=N)N)c1Br. The zero-order chi connectivity index (χ0) is 14.6. The van der Waals surface area contributed by atoms with Crippen molar-refractivity contribution < 1.29 is 0 Å². The minimum Gasteiger partial charge on any atom is -0.387 e. The first kappa shape index (κ1) is 16.2. The predicted molar refractivity (Wildman–Crippen MR) is 82.4 cm³/mol. The maximum Gasteiger partial charge on any atom is 0.0947 e. The van der Waals surface area contributed by atoms with Gasteiger partial charge in [0.25, 0.3) is 0 Å². The van der Waals surface area contributed by atoms with Gasteiger partial charge in [0, 0.05) is 25.6 Å². The molecular formula is C13H24BrN5. The molecule has 0 aliphatic rings. The number of rotatable bonds is 7. The van der Waals surface area contributed by atoms with Gasteiger partial charge in [-0.25, -0.2) is 0 Å². The van der Waals surface area contributed by atoms with Crippen molar-refractivity contribution in [3.63, 3.8) is 0 Å². The van der Waals surface area contributed by atoms with Crippen LogP contribution in [0.3, 0.4) is 0 Å². The van der Waals surface area contributed by atoms with E-state index in [0.717, 1.165) is 36.2 Å². The van der Waals surface area contributed by atoms with E-state index in [1.54, 1.807) is 0 Å². The summed E-state index contributed by atoms with van der Waals surface area (Å²) in [4.78, 5) is 2.18. The summed E-state index contributed by atoms with van der Waals surface area (Å²) in [7, 11) is 2.05. The van der Waals surface area contributed by atoms with Gasteiger partial charge in [0.15, 0.2) is 0 Å². The first-order valence-corrected chi connectivity index (χ1v) is 7.46. The molecule has 19 heavy (non-hydrogen) atoms. The highest BCUT2D eigenvalue weighted by Gasteiger charge is 2.17. The third-order valence-corrected chi connectivity index (χ3v) is 4.15. The first-order valence-electron chi connectivity index (χ1n) is 6.67. The molecule has 0 amide bonds. The smallest absolute Gasteiger partial charge is 0.0947 e. The molecule has 3 N–H and O–H groups in total. The Balaban J connectivity index is 2.81. The molecule has 1 unspecified atom stereocenters. The number of nitrogens with two attached hydrogens (primary N) is 1. The van der Waals surface area contributed by atoms with Gasteiger partial charge in [0.05, 0.1) is 21.7 Å². The highest BCUT2D eigenvalue weighted by Crippen LogP contribution is 2.23. The molecule has 0 fully saturated rings. The minimum absolute atomic E-state index is 0.0763. The fourth-order valence-corrected chi connectivity index (χ4v) is 2.74. The summed E-state index contributed by atoms with van der Waals surface area (Å²) in [5.74, 6) is 0.316. The van der Waals surface area contributed by atoms with Crippen LogP contribution in [0.2, 0.25) is 0 Å². The van der Waals surface area contributed by atoms with Gasteiger partial charge >= 0.3 is 0 Å². The standard InChI is InChI=1S/C13H24BrN5/c1-5-10-12(14)11(19(6-2)17-10)8-18(4)7-9(3)13(15)16/h9H,5-8H2,1-4H3,(H3,15,16). The topological polar surface area (TPSA) is 70.9 Å². The average Bonchev–Trinajstić information content (AvgIpc) is 2.66. The van der Waals surface area contributed by atoms with Gasteiger partial charge in [0.1, 0.15) is 0 Å². The monoisotopic (exact) mass is 329 g/mol. The van der Waals surface area contributed by atoms with Crippen LogP contribution in [0.25, 0.3) is 0 Å². The van der Waals surface area contributed by atoms with Crippen LogP contribution >= 0.6 is 15.9 Å². The minimum atomic E-state index is 0.0763. The Bertz CT molecular complexity index is 440. The van der Waals surface area contributed by atoms with E-state index in [-0.39, 0.29) is 11.8 Å². The Hall–Kier alpha value is -0.880. The molecule has 0 aliphatic carbocycles. The maximum absolute atomic E-state index is 7.45. The van der Waals surface area contributed by atoms with Crippen molar-refractivity contribution in [2.24, 2.45) is 11.7 Å². The lowest BCUT2D eigenvalue weighted by atomic mass is 10.1. The quantitative estimate of drug-likeness (QED) is 0.595. The van der Waals surface area contributed by atoms with Crippen LogP contribution in [0.15, 0.2) is 4.47 Å². The zero-order valence-corrected chi connectivity index (χ0v) is 13.8. The van der Waals surface area contributed by atoms with Gasteiger partial charge in [-0.1, -0.05) is 13.8 Å². The normalized spacial score (nSPS) is 12.9. The molecule has 0 aromatic carbocycles. The Labute approximate surface area is 123 Å². The molecule has 0 radical (unpaired) electrons. The fraction of sp³-hybridized carbons (Fsp3) is 0.692. The van der Waals surface area contributed by atoms with Crippen molar-refractivity contribution in [2.45, 2.75) is 40.3 Å². The van der Waals surface area contributed by atoms with Crippen LogP contribution < -0.4 is 5.73 Å². The third-order valence-electron chi connectivity index (χ3n) is 3.23. The van der Waals surface area contributed by atoms with E-state index >= 15 is 0 Å². The lowest BCUT2D eigenvalue weighted by molar-refractivity contribution is 0.295. The van der Waals surface area contributed by atoms with Crippen molar-refractivity contribution in [3.8, 4) is 0 Å². The van der Waals surface area contributed by atoms with E-state index in [1.165, 1.54) is 5.69 Å². The van der Waals surface area contributed by atoms with Gasteiger partial charge in [-0.2, -0.15) is 5.10 Å². The van der Waals surface area contributed by atoms with Crippen LogP contribution in [0.4, 0.5) is 0 Å². The molecule has 0 saturated heterocycles. The summed E-state index contributed by atoms with van der Waals surface area (Å²) < 4.78 is 3.15. The number of amidine groups is 1. The van der Waals surface area contributed by atoms with E-state index in [2.05, 4.69) is 39.8 Å². The van der Waals surface area contributed by atoms with Crippen LogP contribution in [0, 0.1) is 11.3 Å². The van der Waals surface area contributed by atoms with Gasteiger partial charge in [-0.15, -0.1) is 0 Å². The molecule has 0 saturated carbocycles. The number of aryl methyl sites for hydroxylation is 2. The Kier molecular flexibility index (Phi) is 6.00.